The van der Waals surface area contributed by atoms with Crippen LogP contribution >= 0.6 is 15.9 Å². The van der Waals surface area contributed by atoms with E-state index >= 15 is 0 Å². The molecule has 158 valence electrons. The van der Waals surface area contributed by atoms with Gasteiger partial charge in [0.25, 0.3) is 0 Å². The van der Waals surface area contributed by atoms with Gasteiger partial charge in [-0.05, 0) is 63.0 Å². The second-order valence-electron chi connectivity index (χ2n) is 9.49. The molecule has 5 aromatic carbocycles. The fourth-order valence-corrected chi connectivity index (χ4v) is 6.12. The van der Waals surface area contributed by atoms with E-state index in [9.17, 15) is 0 Å². The Morgan fingerprint density at radius 3 is 2.39 bits per heavy atom. The molecule has 0 amide bonds. The average molecular weight is 489 g/mol. The molecule has 0 unspecified atom stereocenters. The lowest BCUT2D eigenvalue weighted by Crippen LogP contribution is -2.14. The van der Waals surface area contributed by atoms with Crippen molar-refractivity contribution >= 4 is 48.6 Å². The number of fused-ring (bicyclic) bond motifs is 8. The molecule has 6 aromatic rings. The predicted molar refractivity (Wildman–Crippen MR) is 142 cm³/mol. The lowest BCUT2D eigenvalue weighted by molar-refractivity contribution is 0.660. The van der Waals surface area contributed by atoms with Crippen molar-refractivity contribution in [2.45, 2.75) is 19.3 Å². The number of rotatable bonds is 1. The van der Waals surface area contributed by atoms with Crippen LogP contribution in [0.2, 0.25) is 0 Å². The normalized spacial score (nSPS) is 14.2. The fraction of sp³-hybridized carbons (Fsp3) is 0.0968. The highest BCUT2D eigenvalue weighted by Gasteiger charge is 2.37. The van der Waals surface area contributed by atoms with E-state index < -0.39 is 0 Å². The molecule has 0 saturated heterocycles. The van der Waals surface area contributed by atoms with Gasteiger partial charge in [0.1, 0.15) is 11.2 Å². The van der Waals surface area contributed by atoms with E-state index in [4.69, 9.17) is 4.42 Å². The Morgan fingerprint density at radius 2 is 1.48 bits per heavy atom. The van der Waals surface area contributed by atoms with Crippen LogP contribution in [0.25, 0.3) is 55.0 Å². The Kier molecular flexibility index (Phi) is 3.82. The molecule has 0 spiro atoms. The summed E-state index contributed by atoms with van der Waals surface area (Å²) in [6.07, 6.45) is 0. The summed E-state index contributed by atoms with van der Waals surface area (Å²) < 4.78 is 7.59. The molecule has 33 heavy (non-hydrogen) atoms. The number of furan rings is 1. The van der Waals surface area contributed by atoms with Crippen LogP contribution in [-0.4, -0.2) is 0 Å². The fourth-order valence-electron chi connectivity index (χ4n) is 5.76. The van der Waals surface area contributed by atoms with Gasteiger partial charge in [0, 0.05) is 26.0 Å². The molecule has 1 heterocycles. The van der Waals surface area contributed by atoms with Gasteiger partial charge < -0.3 is 4.42 Å². The van der Waals surface area contributed by atoms with Gasteiger partial charge in [-0.15, -0.1) is 0 Å². The molecule has 1 aliphatic rings. The van der Waals surface area contributed by atoms with Gasteiger partial charge in [-0.2, -0.15) is 0 Å². The maximum absolute atomic E-state index is 6.47. The van der Waals surface area contributed by atoms with Gasteiger partial charge >= 0.3 is 0 Å². The molecule has 0 bridgehead atoms. The maximum Gasteiger partial charge on any atom is 0.143 e. The van der Waals surface area contributed by atoms with Gasteiger partial charge in [-0.25, -0.2) is 0 Å². The molecule has 0 fully saturated rings. The van der Waals surface area contributed by atoms with E-state index in [-0.39, 0.29) is 5.41 Å². The van der Waals surface area contributed by atoms with E-state index in [0.29, 0.717) is 0 Å². The molecular formula is C31H21BrO. The zero-order valence-electron chi connectivity index (χ0n) is 18.4. The minimum absolute atomic E-state index is 0.0486. The molecule has 0 radical (unpaired) electrons. The van der Waals surface area contributed by atoms with Crippen LogP contribution in [0.4, 0.5) is 0 Å². The smallest absolute Gasteiger partial charge is 0.143 e. The SMILES string of the molecule is CC1(C)c2cc(Br)ccc2-c2c(-c3cccc4oc5c6ccccc6ccc5c34)cccc21. The number of halogens is 1. The summed E-state index contributed by atoms with van der Waals surface area (Å²) in [6.45, 7) is 4.65. The largest absolute Gasteiger partial charge is 0.455 e. The molecule has 0 saturated carbocycles. The van der Waals surface area contributed by atoms with Crippen molar-refractivity contribution in [2.75, 3.05) is 0 Å². The second kappa shape index (κ2) is 6.59. The van der Waals surface area contributed by atoms with Crippen molar-refractivity contribution in [3.05, 3.63) is 107 Å². The van der Waals surface area contributed by atoms with Crippen molar-refractivity contribution in [1.82, 2.24) is 0 Å². The first-order valence-corrected chi connectivity index (χ1v) is 12.1. The highest BCUT2D eigenvalue weighted by Crippen LogP contribution is 2.53. The van der Waals surface area contributed by atoms with E-state index in [1.165, 1.54) is 49.5 Å². The minimum Gasteiger partial charge on any atom is -0.455 e. The Hall–Kier alpha value is -3.36. The summed E-state index contributed by atoms with van der Waals surface area (Å²) in [7, 11) is 0. The third kappa shape index (κ3) is 2.53. The van der Waals surface area contributed by atoms with Crippen molar-refractivity contribution in [3.63, 3.8) is 0 Å². The lowest BCUT2D eigenvalue weighted by atomic mass is 9.82. The van der Waals surface area contributed by atoms with Crippen LogP contribution in [0.5, 0.6) is 0 Å². The highest BCUT2D eigenvalue weighted by atomic mass is 79.9. The minimum atomic E-state index is -0.0486. The van der Waals surface area contributed by atoms with Crippen LogP contribution in [0.3, 0.4) is 0 Å². The molecule has 0 aliphatic heterocycles. The number of benzene rings is 5. The van der Waals surface area contributed by atoms with Gasteiger partial charge in [0.2, 0.25) is 0 Å². The monoisotopic (exact) mass is 488 g/mol. The van der Waals surface area contributed by atoms with Crippen molar-refractivity contribution < 1.29 is 4.42 Å². The maximum atomic E-state index is 6.47. The van der Waals surface area contributed by atoms with Gasteiger partial charge in [-0.3, -0.25) is 0 Å². The topological polar surface area (TPSA) is 13.1 Å². The van der Waals surface area contributed by atoms with Crippen molar-refractivity contribution in [2.24, 2.45) is 0 Å². The van der Waals surface area contributed by atoms with E-state index in [0.717, 1.165) is 21.0 Å². The molecular weight excluding hydrogens is 468 g/mol. The van der Waals surface area contributed by atoms with Crippen molar-refractivity contribution in [3.8, 4) is 22.3 Å². The standard InChI is InChI=1S/C31H21BrO/c1-31(2)25-11-5-9-21(28(25)23-16-14-19(32)17-26(23)31)22-10-6-12-27-29(22)24-15-13-18-7-3-4-8-20(18)30(24)33-27/h3-17H,1-2H3. The Bertz CT molecular complexity index is 1750. The summed E-state index contributed by atoms with van der Waals surface area (Å²) >= 11 is 3.69. The van der Waals surface area contributed by atoms with Crippen LogP contribution in [0.1, 0.15) is 25.0 Å². The second-order valence-corrected chi connectivity index (χ2v) is 10.4. The average Bonchev–Trinajstić information content (AvgIpc) is 3.32. The van der Waals surface area contributed by atoms with E-state index in [2.05, 4.69) is 121 Å². The van der Waals surface area contributed by atoms with Crippen molar-refractivity contribution in [1.29, 1.82) is 0 Å². The summed E-state index contributed by atoms with van der Waals surface area (Å²) in [5.41, 5.74) is 9.76. The van der Waals surface area contributed by atoms with Crippen LogP contribution in [-0.2, 0) is 5.41 Å². The van der Waals surface area contributed by atoms with Crippen LogP contribution in [0.15, 0.2) is 99.9 Å². The highest BCUT2D eigenvalue weighted by molar-refractivity contribution is 9.10. The molecule has 0 N–H and O–H groups in total. The van der Waals surface area contributed by atoms with Crippen LogP contribution in [0, 0.1) is 0 Å². The Morgan fingerprint density at radius 1 is 0.667 bits per heavy atom. The quantitative estimate of drug-likeness (QED) is 0.224. The Labute approximate surface area is 200 Å². The first kappa shape index (κ1) is 19.1. The summed E-state index contributed by atoms with van der Waals surface area (Å²) in [4.78, 5) is 0. The van der Waals surface area contributed by atoms with Gasteiger partial charge in [-0.1, -0.05) is 96.5 Å². The number of hydrogen-bond donors (Lipinski definition) is 0. The first-order chi connectivity index (χ1) is 16.0. The van der Waals surface area contributed by atoms with E-state index in [1.54, 1.807) is 0 Å². The molecule has 1 aliphatic carbocycles. The Balaban J connectivity index is 1.60. The molecule has 2 heteroatoms. The van der Waals surface area contributed by atoms with Gasteiger partial charge in [0.15, 0.2) is 0 Å². The molecule has 1 aromatic heterocycles. The van der Waals surface area contributed by atoms with E-state index in [1.807, 2.05) is 0 Å². The first-order valence-electron chi connectivity index (χ1n) is 11.3. The molecule has 1 nitrogen and oxygen atoms in total. The molecule has 7 rings (SSSR count). The summed E-state index contributed by atoms with van der Waals surface area (Å²) in [6, 6.07) is 32.8. The zero-order chi connectivity index (χ0) is 22.3. The summed E-state index contributed by atoms with van der Waals surface area (Å²) in [5.74, 6) is 0. The van der Waals surface area contributed by atoms with Gasteiger partial charge in [0.05, 0.1) is 0 Å². The zero-order valence-corrected chi connectivity index (χ0v) is 20.0. The van der Waals surface area contributed by atoms with Crippen LogP contribution < -0.4 is 0 Å². The number of hydrogen-bond acceptors (Lipinski definition) is 1. The predicted octanol–water partition coefficient (Wildman–Crippen LogP) is 9.47. The molecule has 0 atom stereocenters. The summed E-state index contributed by atoms with van der Waals surface area (Å²) in [5, 5.41) is 4.72. The third-order valence-corrected chi connectivity index (χ3v) is 7.83. The lowest BCUT2D eigenvalue weighted by Gasteiger charge is -2.22. The third-order valence-electron chi connectivity index (χ3n) is 7.34.